The van der Waals surface area contributed by atoms with E-state index in [1.54, 1.807) is 28.8 Å². The molecular weight excluding hydrogens is 232 g/mol. The highest BCUT2D eigenvalue weighted by Gasteiger charge is 2.13. The molecule has 1 aromatic heterocycles. The second kappa shape index (κ2) is 5.18. The summed E-state index contributed by atoms with van der Waals surface area (Å²) in [5, 5.41) is 10.5. The highest BCUT2D eigenvalue weighted by molar-refractivity contribution is 5.94. The van der Waals surface area contributed by atoms with Gasteiger partial charge in [0.2, 0.25) is 12.3 Å². The third-order valence-electron chi connectivity index (χ3n) is 2.51. The molecule has 0 fully saturated rings. The fraction of sp³-hybridized carbons (Fsp3) is 0.0769. The monoisotopic (exact) mass is 243 g/mol. The van der Waals surface area contributed by atoms with Gasteiger partial charge in [0.15, 0.2) is 12.4 Å². The molecule has 2 aromatic rings. The van der Waals surface area contributed by atoms with Crippen LogP contribution in [0.3, 0.4) is 0 Å². The Morgan fingerprint density at radius 2 is 1.72 bits per heavy atom. The molecule has 0 aliphatic carbocycles. The molecule has 0 radical (unpaired) electrons. The van der Waals surface area contributed by atoms with Crippen LogP contribution in [0, 0.1) is 10.1 Å². The summed E-state index contributed by atoms with van der Waals surface area (Å²) in [6, 6.07) is 11.7. The molecule has 0 atom stereocenters. The largest absolute Gasteiger partial charge is 0.287 e. The van der Waals surface area contributed by atoms with Crippen LogP contribution in [0.4, 0.5) is 5.69 Å². The molecule has 2 rings (SSSR count). The van der Waals surface area contributed by atoms with Gasteiger partial charge >= 0.3 is 0 Å². The smallest absolute Gasteiger partial charge is 0.281 e. The van der Waals surface area contributed by atoms with E-state index >= 15 is 0 Å². The molecule has 90 valence electrons. The first-order valence-electron chi connectivity index (χ1n) is 5.38. The molecule has 0 saturated carbocycles. The number of aromatic nitrogens is 1. The summed E-state index contributed by atoms with van der Waals surface area (Å²) in [6.45, 7) is 0.169. The molecule has 0 bridgehead atoms. The van der Waals surface area contributed by atoms with Crippen LogP contribution in [0.1, 0.15) is 10.4 Å². The lowest BCUT2D eigenvalue weighted by atomic mass is 10.1. The van der Waals surface area contributed by atoms with E-state index in [4.69, 9.17) is 0 Å². The Morgan fingerprint density at radius 1 is 1.11 bits per heavy atom. The summed E-state index contributed by atoms with van der Waals surface area (Å²) in [4.78, 5) is 21.9. The van der Waals surface area contributed by atoms with Crippen molar-refractivity contribution in [3.8, 4) is 0 Å². The predicted molar refractivity (Wildman–Crippen MR) is 64.1 cm³/mol. The highest BCUT2D eigenvalue weighted by atomic mass is 16.6. The van der Waals surface area contributed by atoms with E-state index in [9.17, 15) is 14.9 Å². The van der Waals surface area contributed by atoms with Crippen molar-refractivity contribution in [2.45, 2.75) is 6.54 Å². The Balaban J connectivity index is 2.10. The zero-order valence-corrected chi connectivity index (χ0v) is 9.52. The van der Waals surface area contributed by atoms with Crippen LogP contribution in [0.15, 0.2) is 54.9 Å². The lowest BCUT2D eigenvalue weighted by molar-refractivity contribution is -0.683. The van der Waals surface area contributed by atoms with E-state index in [1.165, 1.54) is 24.5 Å². The Kier molecular flexibility index (Phi) is 3.43. The van der Waals surface area contributed by atoms with Crippen molar-refractivity contribution >= 4 is 11.5 Å². The number of rotatable bonds is 4. The molecule has 0 unspecified atom stereocenters. The number of Topliss-reactive ketones (excluding diaryl/α,β-unsaturated/α-hetero) is 1. The Morgan fingerprint density at radius 3 is 2.28 bits per heavy atom. The predicted octanol–water partition coefficient (Wildman–Crippen LogP) is 1.77. The minimum Gasteiger partial charge on any atom is -0.287 e. The summed E-state index contributed by atoms with van der Waals surface area (Å²) in [6.07, 6.45) is 3.05. The van der Waals surface area contributed by atoms with Crippen molar-refractivity contribution in [3.05, 3.63) is 70.5 Å². The van der Waals surface area contributed by atoms with Gasteiger partial charge in [-0.15, -0.1) is 0 Å². The molecule has 18 heavy (non-hydrogen) atoms. The van der Waals surface area contributed by atoms with Gasteiger partial charge in [-0.2, -0.15) is 4.57 Å². The van der Waals surface area contributed by atoms with Crippen LogP contribution in [0.5, 0.6) is 0 Å². The van der Waals surface area contributed by atoms with E-state index in [0.29, 0.717) is 5.56 Å². The van der Waals surface area contributed by atoms with Gasteiger partial charge in [-0.05, 0) is 0 Å². The van der Waals surface area contributed by atoms with Gasteiger partial charge < -0.3 is 0 Å². The summed E-state index contributed by atoms with van der Waals surface area (Å²) in [5.74, 6) is -0.0329. The van der Waals surface area contributed by atoms with Crippen LogP contribution in [-0.2, 0) is 6.54 Å². The summed E-state index contributed by atoms with van der Waals surface area (Å²) in [5.41, 5.74) is 0.641. The normalized spacial score (nSPS) is 10.0. The second-order valence-corrected chi connectivity index (χ2v) is 3.77. The topological polar surface area (TPSA) is 64.1 Å². The number of carbonyl (C=O) groups is 1. The lowest BCUT2D eigenvalue weighted by Gasteiger charge is -1.97. The fourth-order valence-corrected chi connectivity index (χ4v) is 1.56. The van der Waals surface area contributed by atoms with Crippen LogP contribution >= 0.6 is 0 Å². The number of nitro groups is 1. The zero-order chi connectivity index (χ0) is 13.0. The molecule has 0 saturated heterocycles. The number of benzene rings is 1. The van der Waals surface area contributed by atoms with E-state index in [1.807, 2.05) is 6.07 Å². The van der Waals surface area contributed by atoms with Crippen molar-refractivity contribution in [2.75, 3.05) is 0 Å². The van der Waals surface area contributed by atoms with Crippen molar-refractivity contribution in [1.29, 1.82) is 0 Å². The van der Waals surface area contributed by atoms with E-state index in [-0.39, 0.29) is 18.0 Å². The summed E-state index contributed by atoms with van der Waals surface area (Å²) < 4.78 is 1.61. The Bertz CT molecular complexity index is 565. The van der Waals surface area contributed by atoms with Gasteiger partial charge in [0.05, 0.1) is 17.1 Å². The van der Waals surface area contributed by atoms with Gasteiger partial charge in [-0.1, -0.05) is 30.3 Å². The molecule has 0 N–H and O–H groups in total. The molecule has 1 aromatic carbocycles. The fourth-order valence-electron chi connectivity index (χ4n) is 1.56. The molecule has 0 spiro atoms. The number of hydrogen-bond donors (Lipinski definition) is 0. The van der Waals surface area contributed by atoms with Crippen molar-refractivity contribution in [3.63, 3.8) is 0 Å². The second-order valence-electron chi connectivity index (χ2n) is 3.77. The van der Waals surface area contributed by atoms with Crippen LogP contribution in [0.25, 0.3) is 0 Å². The van der Waals surface area contributed by atoms with Crippen LogP contribution in [-0.4, -0.2) is 10.7 Å². The molecule has 0 aliphatic rings. The summed E-state index contributed by atoms with van der Waals surface area (Å²) in [7, 11) is 0. The van der Waals surface area contributed by atoms with Gasteiger partial charge in [0.1, 0.15) is 0 Å². The highest BCUT2D eigenvalue weighted by Crippen LogP contribution is 2.06. The van der Waals surface area contributed by atoms with Gasteiger partial charge in [-0.25, -0.2) is 0 Å². The average Bonchev–Trinajstić information content (AvgIpc) is 2.40. The van der Waals surface area contributed by atoms with Crippen molar-refractivity contribution < 1.29 is 14.3 Å². The van der Waals surface area contributed by atoms with E-state index in [0.717, 1.165) is 0 Å². The first-order chi connectivity index (χ1) is 8.66. The van der Waals surface area contributed by atoms with E-state index in [2.05, 4.69) is 0 Å². The summed E-state index contributed by atoms with van der Waals surface area (Å²) >= 11 is 0. The molecule has 0 aliphatic heterocycles. The zero-order valence-electron chi connectivity index (χ0n) is 9.52. The first-order valence-corrected chi connectivity index (χ1v) is 5.38. The minimum absolute atomic E-state index is 0.0124. The lowest BCUT2D eigenvalue weighted by Crippen LogP contribution is -2.37. The molecule has 5 nitrogen and oxygen atoms in total. The maximum Gasteiger partial charge on any atom is 0.281 e. The van der Waals surface area contributed by atoms with Gasteiger partial charge in [0.25, 0.3) is 5.69 Å². The average molecular weight is 243 g/mol. The quantitative estimate of drug-likeness (QED) is 0.356. The maximum absolute atomic E-state index is 11.9. The number of hydrogen-bond acceptors (Lipinski definition) is 3. The van der Waals surface area contributed by atoms with Crippen molar-refractivity contribution in [1.82, 2.24) is 0 Å². The molecule has 5 heteroatoms. The van der Waals surface area contributed by atoms with Gasteiger partial charge in [0, 0.05) is 5.56 Å². The number of ketones is 1. The van der Waals surface area contributed by atoms with Gasteiger partial charge in [-0.3, -0.25) is 14.9 Å². The number of nitrogens with zero attached hydrogens (tertiary/aromatic N) is 2. The third-order valence-corrected chi connectivity index (χ3v) is 2.51. The molecule has 0 amide bonds. The maximum atomic E-state index is 11.9. The molecular formula is C13H11N2O3+. The SMILES string of the molecule is O=C(C[n+]1ccc([N+](=O)[O-])cc1)c1ccccc1. The standard InChI is InChI=1S/C13H11N2O3/c16-13(11-4-2-1-3-5-11)10-14-8-6-12(7-9-14)15(17)18/h1-9H,10H2/q+1. The van der Waals surface area contributed by atoms with Crippen LogP contribution < -0.4 is 4.57 Å². The third kappa shape index (κ3) is 2.76. The first kappa shape index (κ1) is 11.9. The molecule has 1 heterocycles. The van der Waals surface area contributed by atoms with Crippen molar-refractivity contribution in [2.24, 2.45) is 0 Å². The minimum atomic E-state index is -0.469. The number of pyridine rings is 1. The van der Waals surface area contributed by atoms with E-state index < -0.39 is 4.92 Å². The Hall–Kier alpha value is -2.56. The van der Waals surface area contributed by atoms with Crippen LogP contribution in [0.2, 0.25) is 0 Å². The Labute approximate surface area is 103 Å². The number of carbonyl (C=O) groups excluding carboxylic acids is 1.